The fourth-order valence-electron chi connectivity index (χ4n) is 4.63. The second-order valence-corrected chi connectivity index (χ2v) is 8.27. The average Bonchev–Trinajstić information content (AvgIpc) is 3.26. The minimum absolute atomic E-state index is 0.127. The van der Waals surface area contributed by atoms with Crippen molar-refractivity contribution in [1.29, 1.82) is 0 Å². The van der Waals surface area contributed by atoms with E-state index in [4.69, 9.17) is 9.47 Å². The zero-order chi connectivity index (χ0) is 22.2. The van der Waals surface area contributed by atoms with Crippen molar-refractivity contribution in [1.82, 2.24) is 9.97 Å². The van der Waals surface area contributed by atoms with Crippen LogP contribution in [-0.2, 0) is 9.59 Å². The largest absolute Gasteiger partial charge is 0.454 e. The monoisotopic (exact) mass is 439 g/mol. The molecule has 0 bridgehead atoms. The van der Waals surface area contributed by atoms with Crippen LogP contribution in [0, 0.1) is 0 Å². The summed E-state index contributed by atoms with van der Waals surface area (Å²) in [6.07, 6.45) is 4.00. The van der Waals surface area contributed by atoms with Crippen molar-refractivity contribution in [3.8, 4) is 11.5 Å². The van der Waals surface area contributed by atoms with Crippen molar-refractivity contribution in [3.05, 3.63) is 34.1 Å². The Morgan fingerprint density at radius 1 is 1.25 bits per heavy atom. The summed E-state index contributed by atoms with van der Waals surface area (Å²) >= 11 is 0. The Morgan fingerprint density at radius 3 is 2.94 bits per heavy atom. The van der Waals surface area contributed by atoms with Crippen molar-refractivity contribution >= 4 is 29.3 Å². The van der Waals surface area contributed by atoms with E-state index in [1.165, 1.54) is 0 Å². The first-order valence-electron chi connectivity index (χ1n) is 10.9. The summed E-state index contributed by atoms with van der Waals surface area (Å²) in [4.78, 5) is 48.0. The van der Waals surface area contributed by atoms with Gasteiger partial charge in [0.2, 0.25) is 24.6 Å². The number of aromatic nitrogens is 2. The number of aromatic amines is 1. The van der Waals surface area contributed by atoms with Crippen LogP contribution in [0.15, 0.2) is 23.0 Å². The van der Waals surface area contributed by atoms with E-state index in [0.717, 1.165) is 32.2 Å². The van der Waals surface area contributed by atoms with E-state index in [0.29, 0.717) is 23.1 Å². The SMILES string of the molecule is CC[C@H]1CCCCN1c1nc2c(c(=O)[nH]1)[C@@H](C(=O)Nc1ccc3c(c1)OCO3)CC(=O)N2. The second kappa shape index (κ2) is 8.18. The lowest BCUT2D eigenvalue weighted by atomic mass is 9.92. The van der Waals surface area contributed by atoms with E-state index in [1.807, 2.05) is 0 Å². The third-order valence-corrected chi connectivity index (χ3v) is 6.27. The van der Waals surface area contributed by atoms with Gasteiger partial charge in [0.1, 0.15) is 5.82 Å². The molecular formula is C22H25N5O5. The van der Waals surface area contributed by atoms with Gasteiger partial charge in [-0.05, 0) is 37.8 Å². The molecule has 0 spiro atoms. The van der Waals surface area contributed by atoms with Crippen molar-refractivity contribution in [2.45, 2.75) is 51.0 Å². The molecule has 32 heavy (non-hydrogen) atoms. The first-order valence-corrected chi connectivity index (χ1v) is 10.9. The van der Waals surface area contributed by atoms with Gasteiger partial charge in [0, 0.05) is 30.8 Å². The summed E-state index contributed by atoms with van der Waals surface area (Å²) < 4.78 is 10.6. The summed E-state index contributed by atoms with van der Waals surface area (Å²) in [5, 5.41) is 5.46. The standard InChI is InChI=1S/C22H25N5O5/c1-2-13-5-3-4-8-27(13)22-25-19-18(21(30)26-22)14(10-17(28)24-19)20(29)23-12-6-7-15-16(9-12)32-11-31-15/h6-7,9,13-14H,2-5,8,10-11H2,1H3,(H,23,29)(H2,24,25,26,28,30)/t13-,14-/m0/s1. The van der Waals surface area contributed by atoms with Gasteiger partial charge >= 0.3 is 0 Å². The maximum absolute atomic E-state index is 13.1. The van der Waals surface area contributed by atoms with E-state index < -0.39 is 17.4 Å². The maximum atomic E-state index is 13.1. The molecule has 3 aliphatic heterocycles. The van der Waals surface area contributed by atoms with Crippen LogP contribution in [0.3, 0.4) is 0 Å². The lowest BCUT2D eigenvalue weighted by Crippen LogP contribution is -2.43. The second-order valence-electron chi connectivity index (χ2n) is 8.27. The number of rotatable bonds is 4. The van der Waals surface area contributed by atoms with Crippen LogP contribution in [0.1, 0.15) is 50.5 Å². The number of piperidine rings is 1. The quantitative estimate of drug-likeness (QED) is 0.668. The number of benzene rings is 1. The minimum Gasteiger partial charge on any atom is -0.454 e. The van der Waals surface area contributed by atoms with Gasteiger partial charge in [-0.2, -0.15) is 4.98 Å². The number of carbonyl (C=O) groups is 2. The molecule has 1 aromatic heterocycles. The summed E-state index contributed by atoms with van der Waals surface area (Å²) in [6, 6.07) is 5.32. The van der Waals surface area contributed by atoms with Crippen molar-refractivity contribution in [2.75, 3.05) is 28.9 Å². The number of H-pyrrole nitrogens is 1. The van der Waals surface area contributed by atoms with Gasteiger partial charge in [-0.1, -0.05) is 6.92 Å². The van der Waals surface area contributed by atoms with Crippen LogP contribution in [0.5, 0.6) is 11.5 Å². The molecule has 10 nitrogen and oxygen atoms in total. The van der Waals surface area contributed by atoms with Crippen LogP contribution >= 0.6 is 0 Å². The molecule has 5 rings (SSSR count). The highest BCUT2D eigenvalue weighted by atomic mass is 16.7. The molecule has 10 heteroatoms. The summed E-state index contributed by atoms with van der Waals surface area (Å²) in [6.45, 7) is 3.03. The molecule has 3 aliphatic rings. The van der Waals surface area contributed by atoms with Gasteiger partial charge < -0.3 is 25.0 Å². The van der Waals surface area contributed by atoms with Crippen LogP contribution < -0.4 is 30.6 Å². The molecule has 0 aliphatic carbocycles. The molecule has 4 heterocycles. The molecule has 2 amide bonds. The number of ether oxygens (including phenoxy) is 2. The van der Waals surface area contributed by atoms with Crippen LogP contribution in [0.25, 0.3) is 0 Å². The first-order chi connectivity index (χ1) is 15.5. The fraction of sp³-hybridized carbons (Fsp3) is 0.455. The zero-order valence-electron chi connectivity index (χ0n) is 17.8. The predicted octanol–water partition coefficient (Wildman–Crippen LogP) is 2.33. The average molecular weight is 439 g/mol. The van der Waals surface area contributed by atoms with Crippen LogP contribution in [-0.4, -0.2) is 41.2 Å². The normalized spacial score (nSPS) is 21.7. The molecule has 3 N–H and O–H groups in total. The van der Waals surface area contributed by atoms with Gasteiger partial charge in [-0.25, -0.2) is 0 Å². The number of carbonyl (C=O) groups excluding carboxylic acids is 2. The van der Waals surface area contributed by atoms with E-state index in [2.05, 4.69) is 32.4 Å². The van der Waals surface area contributed by atoms with E-state index in [-0.39, 0.29) is 36.5 Å². The van der Waals surface area contributed by atoms with Crippen molar-refractivity contribution in [2.24, 2.45) is 0 Å². The third-order valence-electron chi connectivity index (χ3n) is 6.27. The Labute approximate surface area is 184 Å². The molecule has 1 fully saturated rings. The summed E-state index contributed by atoms with van der Waals surface area (Å²) in [7, 11) is 0. The van der Waals surface area contributed by atoms with Crippen LogP contribution in [0.2, 0.25) is 0 Å². The Balaban J connectivity index is 1.44. The number of hydrogen-bond acceptors (Lipinski definition) is 7. The molecule has 0 saturated carbocycles. The topological polar surface area (TPSA) is 126 Å². The summed E-state index contributed by atoms with van der Waals surface area (Å²) in [5.74, 6) is -0.0219. The van der Waals surface area contributed by atoms with Gasteiger partial charge in [0.25, 0.3) is 5.56 Å². The lowest BCUT2D eigenvalue weighted by molar-refractivity contribution is -0.123. The Kier molecular flexibility index (Phi) is 5.20. The number of nitrogens with one attached hydrogen (secondary N) is 3. The number of hydrogen-bond donors (Lipinski definition) is 3. The molecule has 2 atom stereocenters. The smallest absolute Gasteiger partial charge is 0.258 e. The molecule has 0 radical (unpaired) electrons. The highest BCUT2D eigenvalue weighted by molar-refractivity contribution is 6.04. The molecule has 168 valence electrons. The van der Waals surface area contributed by atoms with Gasteiger partial charge in [-0.3, -0.25) is 19.4 Å². The number of nitrogens with zero attached hydrogens (tertiary/aromatic N) is 2. The lowest BCUT2D eigenvalue weighted by Gasteiger charge is -2.36. The van der Waals surface area contributed by atoms with Crippen LogP contribution in [0.4, 0.5) is 17.5 Å². The fourth-order valence-corrected chi connectivity index (χ4v) is 4.63. The highest BCUT2D eigenvalue weighted by Crippen LogP contribution is 2.36. The molecule has 1 saturated heterocycles. The van der Waals surface area contributed by atoms with Crippen molar-refractivity contribution in [3.63, 3.8) is 0 Å². The zero-order valence-corrected chi connectivity index (χ0v) is 17.8. The molecular weight excluding hydrogens is 414 g/mol. The Bertz CT molecular complexity index is 1130. The van der Waals surface area contributed by atoms with Crippen molar-refractivity contribution < 1.29 is 19.1 Å². The maximum Gasteiger partial charge on any atom is 0.258 e. The molecule has 0 unspecified atom stereocenters. The van der Waals surface area contributed by atoms with Gasteiger partial charge in [0.15, 0.2) is 11.5 Å². The van der Waals surface area contributed by atoms with Gasteiger partial charge in [0.05, 0.1) is 11.5 Å². The minimum atomic E-state index is -0.946. The van der Waals surface area contributed by atoms with E-state index in [1.54, 1.807) is 18.2 Å². The van der Waals surface area contributed by atoms with Gasteiger partial charge in [-0.15, -0.1) is 0 Å². The van der Waals surface area contributed by atoms with E-state index in [9.17, 15) is 14.4 Å². The number of amides is 2. The molecule has 1 aromatic carbocycles. The number of fused-ring (bicyclic) bond motifs is 2. The first kappa shape index (κ1) is 20.3. The third kappa shape index (κ3) is 3.65. The molecule has 2 aromatic rings. The van der Waals surface area contributed by atoms with E-state index >= 15 is 0 Å². The Morgan fingerprint density at radius 2 is 2.09 bits per heavy atom. The predicted molar refractivity (Wildman–Crippen MR) is 117 cm³/mol. The number of anilines is 3. The Hall–Kier alpha value is -3.56. The highest BCUT2D eigenvalue weighted by Gasteiger charge is 2.36. The summed E-state index contributed by atoms with van der Waals surface area (Å²) in [5.41, 5.74) is 0.264.